The lowest BCUT2D eigenvalue weighted by atomic mass is 10.0. The van der Waals surface area contributed by atoms with Gasteiger partial charge in [-0.2, -0.15) is 0 Å². The number of hydrogen-bond acceptors (Lipinski definition) is 3. The summed E-state index contributed by atoms with van der Waals surface area (Å²) in [6, 6.07) is 0. The molecule has 1 atom stereocenters. The van der Waals surface area contributed by atoms with E-state index in [4.69, 9.17) is 4.74 Å². The van der Waals surface area contributed by atoms with E-state index >= 15 is 0 Å². The minimum absolute atomic E-state index is 0.134. The van der Waals surface area contributed by atoms with E-state index in [2.05, 4.69) is 11.9 Å². The highest BCUT2D eigenvalue weighted by atomic mass is 16.5. The van der Waals surface area contributed by atoms with Crippen molar-refractivity contribution in [3.63, 3.8) is 0 Å². The molecule has 0 heterocycles. The van der Waals surface area contributed by atoms with Crippen LogP contribution >= 0.6 is 0 Å². The predicted molar refractivity (Wildman–Crippen MR) is 53.5 cm³/mol. The molecule has 0 spiro atoms. The fraction of sp³-hybridized carbons (Fsp3) is 0.700. The van der Waals surface area contributed by atoms with Gasteiger partial charge in [0.2, 0.25) is 0 Å². The fourth-order valence-electron chi connectivity index (χ4n) is 0.699. The Hall–Kier alpha value is -0.830. The Morgan fingerprint density at radius 1 is 1.62 bits per heavy atom. The van der Waals surface area contributed by atoms with Gasteiger partial charge in [-0.3, -0.25) is 0 Å². The number of carbonyl (C=O) groups is 1. The van der Waals surface area contributed by atoms with Crippen LogP contribution in [0.5, 0.6) is 0 Å². The van der Waals surface area contributed by atoms with Crippen molar-refractivity contribution in [2.45, 2.75) is 32.7 Å². The van der Waals surface area contributed by atoms with Crippen LogP contribution in [0.15, 0.2) is 12.2 Å². The van der Waals surface area contributed by atoms with E-state index in [9.17, 15) is 4.79 Å². The van der Waals surface area contributed by atoms with Gasteiger partial charge in [0, 0.05) is 11.1 Å². The number of hydrogen-bond donors (Lipinski definition) is 1. The maximum Gasteiger partial charge on any atom is 0.333 e. The second-order valence-corrected chi connectivity index (χ2v) is 3.52. The minimum Gasteiger partial charge on any atom is -0.460 e. The summed E-state index contributed by atoms with van der Waals surface area (Å²) in [4.78, 5) is 11.1. The van der Waals surface area contributed by atoms with E-state index in [1.54, 1.807) is 6.92 Å². The van der Waals surface area contributed by atoms with Crippen LogP contribution < -0.4 is 5.32 Å². The summed E-state index contributed by atoms with van der Waals surface area (Å²) in [5.74, 6) is -0.324. The van der Waals surface area contributed by atoms with Crippen LogP contribution in [0.3, 0.4) is 0 Å². The van der Waals surface area contributed by atoms with E-state index in [-0.39, 0.29) is 11.5 Å². The molecule has 13 heavy (non-hydrogen) atoms. The van der Waals surface area contributed by atoms with Crippen molar-refractivity contribution in [2.75, 3.05) is 13.7 Å². The van der Waals surface area contributed by atoms with Crippen LogP contribution in [0.25, 0.3) is 0 Å². The number of nitrogens with one attached hydrogen (secondary N) is 1. The minimum atomic E-state index is -0.324. The molecule has 0 aromatic rings. The van der Waals surface area contributed by atoms with Crippen molar-refractivity contribution in [3.05, 3.63) is 12.2 Å². The SMILES string of the molecule is C=C(C)C(=O)OCC(C)(CC)NC. The molecule has 0 aliphatic rings. The molecule has 0 fully saturated rings. The Bertz CT molecular complexity index is 195. The zero-order valence-electron chi connectivity index (χ0n) is 8.94. The Morgan fingerprint density at radius 3 is 2.46 bits per heavy atom. The molecule has 3 nitrogen and oxygen atoms in total. The molecule has 0 saturated carbocycles. The highest BCUT2D eigenvalue weighted by Crippen LogP contribution is 2.09. The normalized spacial score (nSPS) is 14.8. The third-order valence-electron chi connectivity index (χ3n) is 2.25. The Kier molecular flexibility index (Phi) is 4.70. The number of esters is 1. The molecule has 1 N–H and O–H groups in total. The highest BCUT2D eigenvalue weighted by molar-refractivity contribution is 5.86. The van der Waals surface area contributed by atoms with Gasteiger partial charge in [-0.15, -0.1) is 0 Å². The summed E-state index contributed by atoms with van der Waals surface area (Å²) in [5, 5.41) is 3.12. The van der Waals surface area contributed by atoms with E-state index in [1.807, 2.05) is 20.9 Å². The fourth-order valence-corrected chi connectivity index (χ4v) is 0.699. The summed E-state index contributed by atoms with van der Waals surface area (Å²) in [7, 11) is 1.86. The van der Waals surface area contributed by atoms with E-state index in [0.717, 1.165) is 6.42 Å². The molecule has 0 aliphatic carbocycles. The molecule has 0 aliphatic heterocycles. The van der Waals surface area contributed by atoms with Crippen molar-refractivity contribution >= 4 is 5.97 Å². The molecule has 0 aromatic carbocycles. The first kappa shape index (κ1) is 12.2. The van der Waals surface area contributed by atoms with Gasteiger partial charge >= 0.3 is 5.97 Å². The molecular formula is C10H19NO2. The summed E-state index contributed by atoms with van der Waals surface area (Å²) in [6.07, 6.45) is 0.910. The number of carbonyl (C=O) groups excluding carboxylic acids is 1. The van der Waals surface area contributed by atoms with Crippen LogP contribution in [0.1, 0.15) is 27.2 Å². The monoisotopic (exact) mass is 185 g/mol. The molecular weight excluding hydrogens is 166 g/mol. The van der Waals surface area contributed by atoms with Crippen molar-refractivity contribution in [3.8, 4) is 0 Å². The largest absolute Gasteiger partial charge is 0.460 e. The molecule has 0 saturated heterocycles. The summed E-state index contributed by atoms with van der Waals surface area (Å²) < 4.78 is 5.05. The predicted octanol–water partition coefficient (Wildman–Crippen LogP) is 1.49. The smallest absolute Gasteiger partial charge is 0.333 e. The highest BCUT2D eigenvalue weighted by Gasteiger charge is 2.21. The van der Waals surface area contributed by atoms with Gasteiger partial charge in [-0.05, 0) is 27.3 Å². The second kappa shape index (κ2) is 5.02. The van der Waals surface area contributed by atoms with E-state index in [1.165, 1.54) is 0 Å². The van der Waals surface area contributed by atoms with Gasteiger partial charge in [0.15, 0.2) is 0 Å². The van der Waals surface area contributed by atoms with Crippen molar-refractivity contribution < 1.29 is 9.53 Å². The molecule has 76 valence electrons. The van der Waals surface area contributed by atoms with Crippen LogP contribution in [0.4, 0.5) is 0 Å². The van der Waals surface area contributed by atoms with Crippen LogP contribution in [0, 0.1) is 0 Å². The Morgan fingerprint density at radius 2 is 2.15 bits per heavy atom. The van der Waals surface area contributed by atoms with Crippen molar-refractivity contribution in [2.24, 2.45) is 0 Å². The van der Waals surface area contributed by atoms with E-state index in [0.29, 0.717) is 12.2 Å². The Labute approximate surface area is 80.2 Å². The first-order valence-electron chi connectivity index (χ1n) is 4.46. The number of likely N-dealkylation sites (N-methyl/N-ethyl adjacent to an activating group) is 1. The third-order valence-corrected chi connectivity index (χ3v) is 2.25. The molecule has 1 unspecified atom stereocenters. The summed E-state index contributed by atoms with van der Waals surface area (Å²) in [6.45, 7) is 9.60. The zero-order chi connectivity index (χ0) is 10.5. The van der Waals surface area contributed by atoms with Gasteiger partial charge in [-0.25, -0.2) is 4.79 Å². The lowest BCUT2D eigenvalue weighted by Crippen LogP contribution is -2.44. The maximum atomic E-state index is 11.1. The van der Waals surface area contributed by atoms with Gasteiger partial charge < -0.3 is 10.1 Å². The zero-order valence-corrected chi connectivity index (χ0v) is 8.94. The summed E-state index contributed by atoms with van der Waals surface area (Å²) in [5.41, 5.74) is 0.306. The van der Waals surface area contributed by atoms with Crippen molar-refractivity contribution in [1.29, 1.82) is 0 Å². The molecule has 0 bridgehead atoms. The van der Waals surface area contributed by atoms with Crippen molar-refractivity contribution in [1.82, 2.24) is 5.32 Å². The summed E-state index contributed by atoms with van der Waals surface area (Å²) >= 11 is 0. The van der Waals surface area contributed by atoms with E-state index < -0.39 is 0 Å². The van der Waals surface area contributed by atoms with Crippen LogP contribution in [0.2, 0.25) is 0 Å². The molecule has 0 radical (unpaired) electrons. The maximum absolute atomic E-state index is 11.1. The second-order valence-electron chi connectivity index (χ2n) is 3.52. The quantitative estimate of drug-likeness (QED) is 0.521. The molecule has 3 heteroatoms. The first-order valence-corrected chi connectivity index (χ1v) is 4.46. The lowest BCUT2D eigenvalue weighted by Gasteiger charge is -2.26. The average molecular weight is 185 g/mol. The lowest BCUT2D eigenvalue weighted by molar-refractivity contribution is -0.141. The average Bonchev–Trinajstić information content (AvgIpc) is 2.13. The Balaban J connectivity index is 4.00. The molecule has 0 aromatic heterocycles. The van der Waals surface area contributed by atoms with Gasteiger partial charge in [0.25, 0.3) is 0 Å². The van der Waals surface area contributed by atoms with Crippen LogP contribution in [-0.2, 0) is 9.53 Å². The van der Waals surface area contributed by atoms with Gasteiger partial charge in [0.05, 0.1) is 0 Å². The standard InChI is InChI=1S/C10H19NO2/c1-6-10(4,11-5)7-13-9(12)8(2)3/h11H,2,6-7H2,1,3-5H3. The molecule has 0 amide bonds. The first-order chi connectivity index (χ1) is 5.95. The van der Waals surface area contributed by atoms with Gasteiger partial charge in [-0.1, -0.05) is 13.5 Å². The topological polar surface area (TPSA) is 38.3 Å². The number of ether oxygens (including phenoxy) is 1. The third kappa shape index (κ3) is 4.08. The van der Waals surface area contributed by atoms with Gasteiger partial charge in [0.1, 0.15) is 6.61 Å². The molecule has 0 rings (SSSR count). The number of rotatable bonds is 5. The van der Waals surface area contributed by atoms with Crippen LogP contribution in [-0.4, -0.2) is 25.2 Å².